The number of rotatable bonds is 2. The summed E-state index contributed by atoms with van der Waals surface area (Å²) in [5, 5.41) is 13.4. The van der Waals surface area contributed by atoms with E-state index in [4.69, 9.17) is 32.8 Å². The summed E-state index contributed by atoms with van der Waals surface area (Å²) < 4.78 is 4.87. The van der Waals surface area contributed by atoms with Crippen molar-refractivity contribution in [3.8, 4) is 11.3 Å². The van der Waals surface area contributed by atoms with Crippen molar-refractivity contribution >= 4 is 29.2 Å². The lowest BCUT2D eigenvalue weighted by Gasteiger charge is -2.02. The van der Waals surface area contributed by atoms with E-state index in [1.807, 2.05) is 0 Å². The first-order valence-electron chi connectivity index (χ1n) is 4.66. The summed E-state index contributed by atoms with van der Waals surface area (Å²) in [6.45, 7) is 1.53. The highest BCUT2D eigenvalue weighted by Gasteiger charge is 2.22. The van der Waals surface area contributed by atoms with Crippen LogP contribution in [-0.2, 0) is 0 Å². The number of carboxylic acids is 1. The number of carboxylic acid groups (broad SMARTS) is 1. The molecule has 1 aromatic heterocycles. The van der Waals surface area contributed by atoms with E-state index in [1.54, 1.807) is 18.2 Å². The number of halogens is 2. The molecule has 0 spiro atoms. The van der Waals surface area contributed by atoms with Crippen LogP contribution >= 0.6 is 23.2 Å². The van der Waals surface area contributed by atoms with Gasteiger partial charge in [-0.15, -0.1) is 0 Å². The Morgan fingerprint density at radius 2 is 2.12 bits per heavy atom. The Bertz CT molecular complexity index is 592. The highest BCUT2D eigenvalue weighted by molar-refractivity contribution is 6.43. The summed E-state index contributed by atoms with van der Waals surface area (Å²) in [6.07, 6.45) is 0. The molecule has 0 amide bonds. The molecule has 0 atom stereocenters. The fourth-order valence-corrected chi connectivity index (χ4v) is 1.88. The van der Waals surface area contributed by atoms with Crippen LogP contribution in [0.3, 0.4) is 0 Å². The van der Waals surface area contributed by atoms with Gasteiger partial charge in [-0.2, -0.15) is 0 Å². The van der Waals surface area contributed by atoms with Gasteiger partial charge in [0.2, 0.25) is 0 Å². The standard InChI is InChI=1S/C11H7Cl2NO3/c1-5-8(11(15)16)10(14-17-5)6-3-2-4-7(12)9(6)13/h2-4H,1H3,(H,15,16). The van der Waals surface area contributed by atoms with E-state index in [1.165, 1.54) is 6.92 Å². The summed E-state index contributed by atoms with van der Waals surface area (Å²) in [4.78, 5) is 11.1. The number of hydrogen-bond acceptors (Lipinski definition) is 3. The second-order valence-corrected chi connectivity index (χ2v) is 4.15. The van der Waals surface area contributed by atoms with Crippen molar-refractivity contribution in [3.63, 3.8) is 0 Å². The summed E-state index contributed by atoms with van der Waals surface area (Å²) in [5.41, 5.74) is 0.616. The van der Waals surface area contributed by atoms with Gasteiger partial charge in [-0.25, -0.2) is 4.79 Å². The van der Waals surface area contributed by atoms with E-state index < -0.39 is 5.97 Å². The zero-order valence-electron chi connectivity index (χ0n) is 8.70. The lowest BCUT2D eigenvalue weighted by atomic mass is 10.1. The van der Waals surface area contributed by atoms with E-state index in [9.17, 15) is 4.79 Å². The van der Waals surface area contributed by atoms with Crippen LogP contribution in [0, 0.1) is 6.92 Å². The molecular formula is C11H7Cl2NO3. The number of nitrogens with zero attached hydrogens (tertiary/aromatic N) is 1. The molecule has 17 heavy (non-hydrogen) atoms. The molecule has 1 N–H and O–H groups in total. The minimum Gasteiger partial charge on any atom is -0.477 e. The van der Waals surface area contributed by atoms with Gasteiger partial charge < -0.3 is 9.63 Å². The molecule has 1 aromatic carbocycles. The van der Waals surface area contributed by atoms with Gasteiger partial charge in [-0.3, -0.25) is 0 Å². The van der Waals surface area contributed by atoms with Gasteiger partial charge in [0, 0.05) is 5.56 Å². The molecule has 0 aliphatic carbocycles. The van der Waals surface area contributed by atoms with Gasteiger partial charge in [-0.05, 0) is 13.0 Å². The van der Waals surface area contributed by atoms with Crippen LogP contribution in [0.5, 0.6) is 0 Å². The van der Waals surface area contributed by atoms with Crippen LogP contribution in [0.25, 0.3) is 11.3 Å². The zero-order valence-corrected chi connectivity index (χ0v) is 10.2. The van der Waals surface area contributed by atoms with E-state index in [-0.39, 0.29) is 22.0 Å². The first-order valence-corrected chi connectivity index (χ1v) is 5.42. The summed E-state index contributed by atoms with van der Waals surface area (Å²) >= 11 is 11.9. The van der Waals surface area contributed by atoms with Crippen molar-refractivity contribution in [3.05, 3.63) is 39.6 Å². The number of aryl methyl sites for hydroxylation is 1. The van der Waals surface area contributed by atoms with E-state index in [0.717, 1.165) is 0 Å². The highest BCUT2D eigenvalue weighted by Crippen LogP contribution is 2.35. The maximum absolute atomic E-state index is 11.1. The Labute approximate surface area is 107 Å². The fraction of sp³-hybridized carbons (Fsp3) is 0.0909. The molecule has 0 saturated heterocycles. The average Bonchev–Trinajstić information content (AvgIpc) is 2.64. The minimum atomic E-state index is -1.12. The number of aromatic nitrogens is 1. The van der Waals surface area contributed by atoms with Crippen LogP contribution in [-0.4, -0.2) is 16.2 Å². The third-order valence-electron chi connectivity index (χ3n) is 2.28. The van der Waals surface area contributed by atoms with Gasteiger partial charge in [0.15, 0.2) is 0 Å². The van der Waals surface area contributed by atoms with Crippen molar-refractivity contribution in [1.29, 1.82) is 0 Å². The topological polar surface area (TPSA) is 63.3 Å². The molecule has 88 valence electrons. The maximum atomic E-state index is 11.1. The molecule has 0 aliphatic rings. The molecule has 6 heteroatoms. The van der Waals surface area contributed by atoms with Crippen LogP contribution in [0.15, 0.2) is 22.7 Å². The molecule has 1 heterocycles. The summed E-state index contributed by atoms with van der Waals surface area (Å²) in [5.74, 6) is -0.890. The molecule has 0 bridgehead atoms. The van der Waals surface area contributed by atoms with Crippen LogP contribution in [0.1, 0.15) is 16.1 Å². The molecule has 0 saturated carbocycles. The van der Waals surface area contributed by atoms with Crippen molar-refractivity contribution < 1.29 is 14.4 Å². The van der Waals surface area contributed by atoms with Crippen LogP contribution in [0.2, 0.25) is 10.0 Å². The monoisotopic (exact) mass is 271 g/mol. The largest absolute Gasteiger partial charge is 0.477 e. The second kappa shape index (κ2) is 4.39. The van der Waals surface area contributed by atoms with Crippen molar-refractivity contribution in [1.82, 2.24) is 5.16 Å². The molecule has 0 aliphatic heterocycles. The fourth-order valence-electron chi connectivity index (χ4n) is 1.49. The van der Waals surface area contributed by atoms with E-state index in [2.05, 4.69) is 5.16 Å². The molecule has 0 unspecified atom stereocenters. The molecule has 2 aromatic rings. The predicted octanol–water partition coefficient (Wildman–Crippen LogP) is 3.66. The average molecular weight is 272 g/mol. The van der Waals surface area contributed by atoms with Crippen molar-refractivity contribution in [2.75, 3.05) is 0 Å². The maximum Gasteiger partial charge on any atom is 0.341 e. The number of hydrogen-bond donors (Lipinski definition) is 1. The smallest absolute Gasteiger partial charge is 0.341 e. The lowest BCUT2D eigenvalue weighted by Crippen LogP contribution is -1.99. The summed E-state index contributed by atoms with van der Waals surface area (Å²) in [7, 11) is 0. The van der Waals surface area contributed by atoms with Crippen molar-refractivity contribution in [2.45, 2.75) is 6.92 Å². The van der Waals surface area contributed by atoms with Crippen LogP contribution in [0.4, 0.5) is 0 Å². The Morgan fingerprint density at radius 1 is 1.41 bits per heavy atom. The Kier molecular flexibility index (Phi) is 3.09. The Hall–Kier alpha value is -1.52. The molecule has 0 radical (unpaired) electrons. The Balaban J connectivity index is 2.69. The number of carbonyl (C=O) groups is 1. The van der Waals surface area contributed by atoms with Gasteiger partial charge in [0.1, 0.15) is 17.0 Å². The molecule has 0 fully saturated rings. The van der Waals surface area contributed by atoms with Crippen LogP contribution < -0.4 is 0 Å². The SMILES string of the molecule is Cc1onc(-c2cccc(Cl)c2Cl)c1C(=O)O. The van der Waals surface area contributed by atoms with Gasteiger partial charge in [-0.1, -0.05) is 40.5 Å². The highest BCUT2D eigenvalue weighted by atomic mass is 35.5. The number of aromatic carboxylic acids is 1. The predicted molar refractivity (Wildman–Crippen MR) is 63.7 cm³/mol. The molecule has 4 nitrogen and oxygen atoms in total. The van der Waals surface area contributed by atoms with Gasteiger partial charge >= 0.3 is 5.97 Å². The van der Waals surface area contributed by atoms with Gasteiger partial charge in [0.25, 0.3) is 0 Å². The molecule has 2 rings (SSSR count). The van der Waals surface area contributed by atoms with Crippen molar-refractivity contribution in [2.24, 2.45) is 0 Å². The lowest BCUT2D eigenvalue weighted by molar-refractivity contribution is 0.0696. The first-order chi connectivity index (χ1) is 8.02. The normalized spacial score (nSPS) is 10.5. The quantitative estimate of drug-likeness (QED) is 0.906. The first kappa shape index (κ1) is 12.0. The van der Waals surface area contributed by atoms with Gasteiger partial charge in [0.05, 0.1) is 10.0 Å². The number of benzene rings is 1. The minimum absolute atomic E-state index is 0.00540. The second-order valence-electron chi connectivity index (χ2n) is 3.37. The summed E-state index contributed by atoms with van der Waals surface area (Å²) in [6, 6.07) is 4.91. The van der Waals surface area contributed by atoms with E-state index >= 15 is 0 Å². The molecular weight excluding hydrogens is 265 g/mol. The third kappa shape index (κ3) is 2.01. The zero-order chi connectivity index (χ0) is 12.6. The third-order valence-corrected chi connectivity index (χ3v) is 3.10. The Morgan fingerprint density at radius 3 is 2.76 bits per heavy atom. The van der Waals surface area contributed by atoms with E-state index in [0.29, 0.717) is 10.6 Å².